The first-order chi connectivity index (χ1) is 5.43. The van der Waals surface area contributed by atoms with Gasteiger partial charge < -0.3 is 0 Å². The third kappa shape index (κ3) is 2.09. The van der Waals surface area contributed by atoms with Crippen LogP contribution in [0.25, 0.3) is 0 Å². The molecule has 0 aromatic carbocycles. The van der Waals surface area contributed by atoms with E-state index in [1.165, 1.54) is 0 Å². The number of hydrazone groups is 1. The molecule has 0 atom stereocenters. The van der Waals surface area contributed by atoms with Crippen LogP contribution in [0, 0.1) is 5.92 Å². The lowest BCUT2D eigenvalue weighted by atomic mass is 10.2. The van der Waals surface area contributed by atoms with Crippen LogP contribution in [-0.4, -0.2) is 21.3 Å². The Kier molecular flexibility index (Phi) is 2.97. The fraction of sp³-hybridized carbons (Fsp3) is 0.833. The molecule has 0 fully saturated rings. The van der Waals surface area contributed by atoms with Crippen LogP contribution in [0.15, 0.2) is 5.10 Å². The SMILES string of the molecule is CC(C)C1=NNCN1C(Cl)(Cl)Cl. The zero-order chi connectivity index (χ0) is 9.35. The molecule has 0 spiro atoms. The van der Waals surface area contributed by atoms with E-state index in [9.17, 15) is 0 Å². The molecule has 0 bridgehead atoms. The van der Waals surface area contributed by atoms with Crippen LogP contribution >= 0.6 is 34.8 Å². The number of rotatable bonds is 1. The number of nitrogens with one attached hydrogen (secondary N) is 1. The van der Waals surface area contributed by atoms with Gasteiger partial charge in [0, 0.05) is 5.92 Å². The summed E-state index contributed by atoms with van der Waals surface area (Å²) in [7, 11) is 0. The van der Waals surface area contributed by atoms with Crippen molar-refractivity contribution in [3.05, 3.63) is 0 Å². The summed E-state index contributed by atoms with van der Waals surface area (Å²) in [6.45, 7) is 4.44. The van der Waals surface area contributed by atoms with Gasteiger partial charge in [0.25, 0.3) is 3.92 Å². The Bertz CT molecular complexity index is 197. The van der Waals surface area contributed by atoms with Gasteiger partial charge in [-0.25, -0.2) is 0 Å². The predicted molar refractivity (Wildman–Crippen MR) is 52.4 cm³/mol. The lowest BCUT2D eigenvalue weighted by Crippen LogP contribution is -2.41. The Morgan fingerprint density at radius 2 is 2.08 bits per heavy atom. The van der Waals surface area contributed by atoms with Crippen LogP contribution in [0.1, 0.15) is 13.8 Å². The van der Waals surface area contributed by atoms with E-state index in [2.05, 4.69) is 10.5 Å². The first-order valence-electron chi connectivity index (χ1n) is 3.57. The second-order valence-electron chi connectivity index (χ2n) is 2.84. The monoisotopic (exact) mass is 229 g/mol. The Balaban J connectivity index is 2.75. The van der Waals surface area contributed by atoms with Gasteiger partial charge >= 0.3 is 0 Å². The third-order valence-corrected chi connectivity index (χ3v) is 2.13. The molecule has 0 saturated carbocycles. The Morgan fingerprint density at radius 1 is 1.50 bits per heavy atom. The van der Waals surface area contributed by atoms with E-state index in [1.54, 1.807) is 4.90 Å². The van der Waals surface area contributed by atoms with Crippen molar-refractivity contribution in [1.82, 2.24) is 10.3 Å². The summed E-state index contributed by atoms with van der Waals surface area (Å²) in [5.41, 5.74) is 2.77. The number of alkyl halides is 3. The second-order valence-corrected chi connectivity index (χ2v) is 5.06. The van der Waals surface area contributed by atoms with Crippen LogP contribution in [0.5, 0.6) is 0 Å². The molecule has 1 rings (SSSR count). The zero-order valence-corrected chi connectivity index (χ0v) is 9.08. The highest BCUT2D eigenvalue weighted by atomic mass is 35.6. The highest BCUT2D eigenvalue weighted by Gasteiger charge is 2.35. The average Bonchev–Trinajstić information content (AvgIpc) is 2.30. The molecule has 0 unspecified atom stereocenters. The molecule has 1 N–H and O–H groups in total. The molecule has 1 aliphatic rings. The predicted octanol–water partition coefficient (Wildman–Crippen LogP) is 2.15. The van der Waals surface area contributed by atoms with Gasteiger partial charge in [-0.2, -0.15) is 5.10 Å². The molecular formula is C6H10Cl3N3. The molecule has 0 saturated heterocycles. The van der Waals surface area contributed by atoms with Gasteiger partial charge in [-0.05, 0) is 0 Å². The highest BCUT2D eigenvalue weighted by Crippen LogP contribution is 2.32. The van der Waals surface area contributed by atoms with E-state index in [-0.39, 0.29) is 5.92 Å². The molecule has 6 heteroatoms. The fourth-order valence-electron chi connectivity index (χ4n) is 0.989. The van der Waals surface area contributed by atoms with E-state index in [1.807, 2.05) is 13.8 Å². The normalized spacial score (nSPS) is 18.2. The van der Waals surface area contributed by atoms with Gasteiger partial charge in [-0.1, -0.05) is 48.7 Å². The molecule has 1 aliphatic heterocycles. The number of amidine groups is 1. The topological polar surface area (TPSA) is 27.6 Å². The van der Waals surface area contributed by atoms with E-state index >= 15 is 0 Å². The third-order valence-electron chi connectivity index (χ3n) is 1.52. The lowest BCUT2D eigenvalue weighted by Gasteiger charge is -2.27. The summed E-state index contributed by atoms with van der Waals surface area (Å²) in [4.78, 5) is 1.60. The van der Waals surface area contributed by atoms with Crippen molar-refractivity contribution in [2.24, 2.45) is 11.0 Å². The maximum absolute atomic E-state index is 5.71. The molecular weight excluding hydrogens is 220 g/mol. The zero-order valence-electron chi connectivity index (χ0n) is 6.81. The number of nitrogens with zero attached hydrogens (tertiary/aromatic N) is 2. The van der Waals surface area contributed by atoms with E-state index in [0.717, 1.165) is 5.84 Å². The average molecular weight is 231 g/mol. The molecule has 12 heavy (non-hydrogen) atoms. The molecule has 0 aromatic rings. The Morgan fingerprint density at radius 3 is 2.42 bits per heavy atom. The maximum Gasteiger partial charge on any atom is 0.270 e. The van der Waals surface area contributed by atoms with Gasteiger partial charge in [0.05, 0.1) is 0 Å². The van der Waals surface area contributed by atoms with Gasteiger partial charge in [-0.3, -0.25) is 10.3 Å². The molecule has 1 heterocycles. The second kappa shape index (κ2) is 3.48. The van der Waals surface area contributed by atoms with Crippen LogP contribution in [0.4, 0.5) is 0 Å². The van der Waals surface area contributed by atoms with E-state index < -0.39 is 3.92 Å². The Labute approximate surface area is 86.6 Å². The molecule has 3 nitrogen and oxygen atoms in total. The van der Waals surface area contributed by atoms with Crippen LogP contribution in [-0.2, 0) is 0 Å². The first kappa shape index (κ1) is 10.2. The molecule has 70 valence electrons. The minimum Gasteiger partial charge on any atom is -0.295 e. The summed E-state index contributed by atoms with van der Waals surface area (Å²) in [5.74, 6) is 1.02. The van der Waals surface area contributed by atoms with Gasteiger partial charge in [0.2, 0.25) is 0 Å². The van der Waals surface area contributed by atoms with E-state index in [4.69, 9.17) is 34.8 Å². The van der Waals surface area contributed by atoms with Crippen LogP contribution < -0.4 is 5.43 Å². The lowest BCUT2D eigenvalue weighted by molar-refractivity contribution is 0.418. The standard InChI is InChI=1S/C6H10Cl3N3/c1-4(2)5-11-10-3-12(5)6(7,8)9/h4,10H,3H2,1-2H3. The van der Waals surface area contributed by atoms with Gasteiger partial charge in [0.1, 0.15) is 12.5 Å². The molecule has 0 radical (unpaired) electrons. The van der Waals surface area contributed by atoms with Crippen molar-refractivity contribution in [3.63, 3.8) is 0 Å². The van der Waals surface area contributed by atoms with Crippen molar-refractivity contribution in [2.45, 2.75) is 17.8 Å². The van der Waals surface area contributed by atoms with Gasteiger partial charge in [-0.15, -0.1) is 0 Å². The number of halogens is 3. The van der Waals surface area contributed by atoms with Crippen molar-refractivity contribution < 1.29 is 0 Å². The summed E-state index contributed by atoms with van der Waals surface area (Å²) >= 11 is 17.1. The minimum atomic E-state index is -1.41. The largest absolute Gasteiger partial charge is 0.295 e. The molecule has 0 amide bonds. The highest BCUT2D eigenvalue weighted by molar-refractivity contribution is 6.67. The van der Waals surface area contributed by atoms with Crippen molar-refractivity contribution in [3.8, 4) is 0 Å². The maximum atomic E-state index is 5.71. The van der Waals surface area contributed by atoms with Crippen molar-refractivity contribution >= 4 is 40.6 Å². The van der Waals surface area contributed by atoms with Crippen molar-refractivity contribution in [2.75, 3.05) is 6.67 Å². The quantitative estimate of drug-likeness (QED) is 0.552. The summed E-state index contributed by atoms with van der Waals surface area (Å²) in [5, 5.41) is 4.02. The first-order valence-corrected chi connectivity index (χ1v) is 4.71. The van der Waals surface area contributed by atoms with Crippen LogP contribution in [0.2, 0.25) is 0 Å². The van der Waals surface area contributed by atoms with Gasteiger partial charge in [0.15, 0.2) is 0 Å². The summed E-state index contributed by atoms with van der Waals surface area (Å²) in [6.07, 6.45) is 0. The summed E-state index contributed by atoms with van der Waals surface area (Å²) in [6, 6.07) is 0. The number of hydrogen-bond acceptors (Lipinski definition) is 3. The van der Waals surface area contributed by atoms with Crippen LogP contribution in [0.3, 0.4) is 0 Å². The van der Waals surface area contributed by atoms with Crippen molar-refractivity contribution in [1.29, 1.82) is 0 Å². The smallest absolute Gasteiger partial charge is 0.270 e. The molecule has 0 aliphatic carbocycles. The Hall–Kier alpha value is 0.140. The minimum absolute atomic E-state index is 0.246. The molecule has 0 aromatic heterocycles. The summed E-state index contributed by atoms with van der Waals surface area (Å²) < 4.78 is -1.41. The van der Waals surface area contributed by atoms with E-state index in [0.29, 0.717) is 6.67 Å². The number of hydrogen-bond donors (Lipinski definition) is 1. The fourth-order valence-corrected chi connectivity index (χ4v) is 1.43.